The fourth-order valence-electron chi connectivity index (χ4n) is 5.19. The van der Waals surface area contributed by atoms with Gasteiger partial charge in [0.2, 0.25) is 10.0 Å². The van der Waals surface area contributed by atoms with E-state index in [0.29, 0.717) is 21.5 Å². The summed E-state index contributed by atoms with van der Waals surface area (Å²) in [6.07, 6.45) is 2.88. The summed E-state index contributed by atoms with van der Waals surface area (Å²) in [4.78, 5) is 6.66. The van der Waals surface area contributed by atoms with Gasteiger partial charge in [0.1, 0.15) is 5.75 Å². The number of nitrogens with one attached hydrogen (secondary N) is 2. The largest absolute Gasteiger partial charge is 0.506 e. The molecule has 1 saturated heterocycles. The second-order valence-corrected chi connectivity index (χ2v) is 12.2. The third-order valence-electron chi connectivity index (χ3n) is 6.85. The number of thiocarbonyl (C=S) groups is 1. The molecule has 3 heterocycles. The summed E-state index contributed by atoms with van der Waals surface area (Å²) in [5.41, 5.74) is 6.32. The van der Waals surface area contributed by atoms with Crippen molar-refractivity contribution in [2.45, 2.75) is 32.9 Å². The van der Waals surface area contributed by atoms with E-state index in [0.717, 1.165) is 40.2 Å². The molecule has 0 unspecified atom stereocenters. The van der Waals surface area contributed by atoms with Crippen molar-refractivity contribution in [1.29, 1.82) is 0 Å². The number of hydrogen-bond donors (Lipinski definition) is 3. The minimum absolute atomic E-state index is 0.121. The van der Waals surface area contributed by atoms with Crippen molar-refractivity contribution in [2.24, 2.45) is 0 Å². The highest BCUT2D eigenvalue weighted by Crippen LogP contribution is 2.44. The molecule has 1 aliphatic rings. The zero-order valence-corrected chi connectivity index (χ0v) is 24.2. The number of pyridine rings is 1. The van der Waals surface area contributed by atoms with Gasteiger partial charge in [0.15, 0.2) is 5.11 Å². The Morgan fingerprint density at radius 3 is 2.51 bits per heavy atom. The number of aryl methyl sites for hydroxylation is 2. The van der Waals surface area contributed by atoms with Gasteiger partial charge in [-0.3, -0.25) is 9.71 Å². The minimum Gasteiger partial charge on any atom is -0.506 e. The number of aromatic nitrogens is 2. The molecule has 3 N–H and O–H groups in total. The summed E-state index contributed by atoms with van der Waals surface area (Å²) in [5.74, 6) is 0.121. The molecule has 2 aromatic carbocycles. The maximum absolute atomic E-state index is 11.8. The van der Waals surface area contributed by atoms with Crippen LogP contribution in [-0.2, 0) is 10.0 Å². The van der Waals surface area contributed by atoms with Gasteiger partial charge in [-0.15, -0.1) is 0 Å². The quantitative estimate of drug-likeness (QED) is 0.251. The molecule has 8 nitrogen and oxygen atoms in total. The van der Waals surface area contributed by atoms with Crippen molar-refractivity contribution in [2.75, 3.05) is 15.9 Å². The van der Waals surface area contributed by atoms with Crippen LogP contribution in [0.25, 0.3) is 5.69 Å². The molecule has 4 aromatic rings. The van der Waals surface area contributed by atoms with Crippen LogP contribution in [0.4, 0.5) is 11.4 Å². The third kappa shape index (κ3) is 5.19. The van der Waals surface area contributed by atoms with Gasteiger partial charge in [0.05, 0.1) is 35.4 Å². The molecule has 39 heavy (non-hydrogen) atoms. The van der Waals surface area contributed by atoms with Crippen molar-refractivity contribution >= 4 is 50.3 Å². The van der Waals surface area contributed by atoms with E-state index in [4.69, 9.17) is 23.8 Å². The van der Waals surface area contributed by atoms with E-state index in [1.807, 2.05) is 60.6 Å². The molecular weight excluding hydrogens is 554 g/mol. The molecule has 0 spiro atoms. The molecule has 2 aromatic heterocycles. The van der Waals surface area contributed by atoms with Crippen LogP contribution < -0.4 is 14.9 Å². The number of benzene rings is 2. The molecule has 2 atom stereocenters. The molecule has 0 radical (unpaired) electrons. The van der Waals surface area contributed by atoms with Crippen LogP contribution in [0.1, 0.15) is 40.3 Å². The number of sulfonamides is 1. The van der Waals surface area contributed by atoms with Gasteiger partial charge < -0.3 is 19.9 Å². The summed E-state index contributed by atoms with van der Waals surface area (Å²) in [6, 6.07) is 17.8. The number of hydrogen-bond acceptors (Lipinski definition) is 5. The Kier molecular flexibility index (Phi) is 7.04. The van der Waals surface area contributed by atoms with E-state index in [1.165, 1.54) is 0 Å². The SMILES string of the molecule is Cc1cc(N2C(=S)N[C@H](c3ccccn3)[C@H]2c2cc(C)n(-c3cc(Cl)ccc3O)c2C)ccc1NS(C)(=O)=O. The topological polar surface area (TPSA) is 99.5 Å². The van der Waals surface area contributed by atoms with Crippen LogP contribution >= 0.6 is 23.8 Å². The summed E-state index contributed by atoms with van der Waals surface area (Å²) in [5, 5.41) is 15.2. The van der Waals surface area contributed by atoms with E-state index in [1.54, 1.807) is 30.5 Å². The first-order chi connectivity index (χ1) is 18.4. The van der Waals surface area contributed by atoms with Gasteiger partial charge >= 0.3 is 0 Å². The summed E-state index contributed by atoms with van der Waals surface area (Å²) >= 11 is 12.2. The lowest BCUT2D eigenvalue weighted by Crippen LogP contribution is -2.29. The lowest BCUT2D eigenvalue weighted by Gasteiger charge is -2.29. The highest BCUT2D eigenvalue weighted by molar-refractivity contribution is 7.92. The Morgan fingerprint density at radius 1 is 1.08 bits per heavy atom. The number of anilines is 2. The summed E-state index contributed by atoms with van der Waals surface area (Å²) in [6.45, 7) is 5.83. The number of nitrogens with zero attached hydrogens (tertiary/aromatic N) is 3. The number of rotatable bonds is 6. The normalized spacial score (nSPS) is 17.4. The van der Waals surface area contributed by atoms with E-state index < -0.39 is 10.0 Å². The van der Waals surface area contributed by atoms with E-state index in [-0.39, 0.29) is 17.8 Å². The molecule has 1 aliphatic heterocycles. The molecular formula is C28H28ClN5O3S2. The zero-order valence-electron chi connectivity index (χ0n) is 21.8. The molecule has 1 fully saturated rings. The minimum atomic E-state index is -3.42. The van der Waals surface area contributed by atoms with E-state index >= 15 is 0 Å². The maximum Gasteiger partial charge on any atom is 0.229 e. The molecule has 0 aliphatic carbocycles. The smallest absolute Gasteiger partial charge is 0.229 e. The molecule has 0 bridgehead atoms. The molecule has 202 valence electrons. The standard InChI is InChI=1S/C28H28ClN5O3S2/c1-16-13-20(9-10-22(16)32-39(4,36)37)34-27(26(31-28(34)38)23-7-5-6-12-30-23)21-14-17(2)33(18(21)3)24-15-19(29)8-11-25(24)35/h5-15,26-27,32,35H,1-4H3,(H,31,38)/t26-,27-/m1/s1. The molecule has 0 amide bonds. The van der Waals surface area contributed by atoms with Gasteiger partial charge in [0, 0.05) is 28.3 Å². The fourth-order valence-corrected chi connectivity index (χ4v) is 6.34. The first-order valence-corrected chi connectivity index (χ1v) is 14.9. The Labute approximate surface area is 238 Å². The lowest BCUT2D eigenvalue weighted by molar-refractivity contribution is 0.471. The van der Waals surface area contributed by atoms with Crippen LogP contribution in [0.2, 0.25) is 5.02 Å². The first kappa shape index (κ1) is 27.0. The van der Waals surface area contributed by atoms with Crippen molar-refractivity contribution < 1.29 is 13.5 Å². The van der Waals surface area contributed by atoms with Crippen LogP contribution in [0.5, 0.6) is 5.75 Å². The summed E-state index contributed by atoms with van der Waals surface area (Å²) in [7, 11) is -3.42. The maximum atomic E-state index is 11.8. The Morgan fingerprint density at radius 2 is 1.85 bits per heavy atom. The van der Waals surface area contributed by atoms with Crippen molar-refractivity contribution in [3.8, 4) is 11.4 Å². The van der Waals surface area contributed by atoms with Gasteiger partial charge in [-0.05, 0) is 98.7 Å². The van der Waals surface area contributed by atoms with Gasteiger partial charge in [-0.2, -0.15) is 0 Å². The first-order valence-electron chi connectivity index (χ1n) is 12.2. The Balaban J connectivity index is 1.67. The predicted molar refractivity (Wildman–Crippen MR) is 159 cm³/mol. The van der Waals surface area contributed by atoms with Crippen LogP contribution in [0.15, 0.2) is 66.9 Å². The van der Waals surface area contributed by atoms with Crippen LogP contribution in [0.3, 0.4) is 0 Å². The Bertz CT molecular complexity index is 1690. The highest BCUT2D eigenvalue weighted by Gasteiger charge is 2.42. The summed E-state index contributed by atoms with van der Waals surface area (Å²) < 4.78 is 28.2. The van der Waals surface area contributed by atoms with Crippen LogP contribution in [-0.4, -0.2) is 34.4 Å². The number of phenolic OH excluding ortho intramolecular Hbond substituents is 1. The highest BCUT2D eigenvalue weighted by atomic mass is 35.5. The number of halogens is 1. The average molecular weight is 582 g/mol. The second-order valence-electron chi connectivity index (χ2n) is 9.66. The monoisotopic (exact) mass is 581 g/mol. The van der Waals surface area contributed by atoms with E-state index in [2.05, 4.69) is 21.1 Å². The second kappa shape index (κ2) is 10.2. The molecule has 5 rings (SSSR count). The average Bonchev–Trinajstić information content (AvgIpc) is 3.37. The number of phenols is 1. The fraction of sp³-hybridized carbons (Fsp3) is 0.214. The number of aromatic hydroxyl groups is 1. The van der Waals surface area contributed by atoms with Crippen molar-refractivity contribution in [3.05, 3.63) is 100 Å². The molecule has 11 heteroatoms. The Hall–Kier alpha value is -3.60. The van der Waals surface area contributed by atoms with Gasteiger partial charge in [-0.1, -0.05) is 17.7 Å². The van der Waals surface area contributed by atoms with E-state index in [9.17, 15) is 13.5 Å². The zero-order chi connectivity index (χ0) is 28.1. The third-order valence-corrected chi connectivity index (χ3v) is 7.99. The predicted octanol–water partition coefficient (Wildman–Crippen LogP) is 5.71. The lowest BCUT2D eigenvalue weighted by atomic mass is 9.96. The molecule has 0 saturated carbocycles. The van der Waals surface area contributed by atoms with Crippen molar-refractivity contribution in [3.63, 3.8) is 0 Å². The van der Waals surface area contributed by atoms with Crippen LogP contribution in [0, 0.1) is 20.8 Å². The van der Waals surface area contributed by atoms with Gasteiger partial charge in [-0.25, -0.2) is 8.42 Å². The van der Waals surface area contributed by atoms with Crippen molar-refractivity contribution in [1.82, 2.24) is 14.9 Å². The van der Waals surface area contributed by atoms with Gasteiger partial charge in [0.25, 0.3) is 0 Å².